The van der Waals surface area contributed by atoms with Gasteiger partial charge in [-0.05, 0) is 34.0 Å². The molecule has 2 aromatic rings. The monoisotopic (exact) mass is 351 g/mol. The number of rotatable bonds is 5. The molecule has 0 radical (unpaired) electrons. The van der Waals surface area contributed by atoms with E-state index in [4.69, 9.17) is 0 Å². The summed E-state index contributed by atoms with van der Waals surface area (Å²) in [4.78, 5) is 10.5. The molecule has 2 rings (SSSR count). The number of aryl methyl sites for hydroxylation is 1. The Morgan fingerprint density at radius 3 is 2.65 bits per heavy atom. The Labute approximate surface area is 130 Å². The number of halogens is 1. The van der Waals surface area contributed by atoms with Crippen LogP contribution in [0.1, 0.15) is 16.7 Å². The zero-order chi connectivity index (χ0) is 14.5. The summed E-state index contributed by atoms with van der Waals surface area (Å²) >= 11 is 5.08. The van der Waals surface area contributed by atoms with Crippen LogP contribution in [-0.4, -0.2) is 4.92 Å². The first-order chi connectivity index (χ1) is 9.58. The average Bonchev–Trinajstić information content (AvgIpc) is 2.40. The molecule has 0 aromatic heterocycles. The van der Waals surface area contributed by atoms with E-state index in [1.807, 2.05) is 6.07 Å². The van der Waals surface area contributed by atoms with Gasteiger partial charge in [-0.3, -0.25) is 10.1 Å². The first kappa shape index (κ1) is 15.1. The minimum Gasteiger partial charge on any atom is -0.258 e. The normalized spacial score (nSPS) is 10.5. The van der Waals surface area contributed by atoms with Crippen LogP contribution in [0.3, 0.4) is 0 Å². The average molecular weight is 352 g/mol. The first-order valence-electron chi connectivity index (χ1n) is 6.13. The number of nitro groups is 1. The molecule has 0 saturated carbocycles. The summed E-state index contributed by atoms with van der Waals surface area (Å²) in [7, 11) is 0. The summed E-state index contributed by atoms with van der Waals surface area (Å²) < 4.78 is 0.585. The Bertz CT molecular complexity index is 631. The number of nitrogens with zero attached hydrogens (tertiary/aromatic N) is 1. The van der Waals surface area contributed by atoms with E-state index in [1.165, 1.54) is 17.2 Å². The van der Waals surface area contributed by atoms with E-state index in [0.29, 0.717) is 4.47 Å². The third-order valence-electron chi connectivity index (χ3n) is 2.86. The summed E-state index contributed by atoms with van der Waals surface area (Å²) in [5.41, 5.74) is 3.60. The number of nitro benzene ring substituents is 1. The van der Waals surface area contributed by atoms with Gasteiger partial charge < -0.3 is 0 Å². The van der Waals surface area contributed by atoms with Crippen molar-refractivity contribution >= 4 is 33.4 Å². The lowest BCUT2D eigenvalue weighted by Gasteiger charge is -2.06. The standard InChI is InChI=1S/C15H14BrNO2S/c1-11-4-2-5-12(8-11)9-20-10-13-6-3-7-14(15(13)16)17(18)19/h2-8H,9-10H2,1H3. The van der Waals surface area contributed by atoms with Gasteiger partial charge in [0, 0.05) is 17.6 Å². The Balaban J connectivity index is 2.01. The molecule has 0 fully saturated rings. The van der Waals surface area contributed by atoms with Crippen LogP contribution in [0.2, 0.25) is 0 Å². The summed E-state index contributed by atoms with van der Waals surface area (Å²) in [6.45, 7) is 2.07. The quantitative estimate of drug-likeness (QED) is 0.555. The fraction of sp³-hybridized carbons (Fsp3) is 0.200. The van der Waals surface area contributed by atoms with Gasteiger partial charge in [0.15, 0.2) is 0 Å². The number of hydrogen-bond acceptors (Lipinski definition) is 3. The molecule has 0 bridgehead atoms. The highest BCUT2D eigenvalue weighted by molar-refractivity contribution is 9.10. The van der Waals surface area contributed by atoms with Gasteiger partial charge in [0.2, 0.25) is 0 Å². The Morgan fingerprint density at radius 1 is 1.20 bits per heavy atom. The molecule has 3 nitrogen and oxygen atoms in total. The molecule has 104 valence electrons. The molecule has 20 heavy (non-hydrogen) atoms. The van der Waals surface area contributed by atoms with Gasteiger partial charge in [0.25, 0.3) is 5.69 Å². The van der Waals surface area contributed by atoms with E-state index in [1.54, 1.807) is 17.8 Å². The molecule has 0 aliphatic heterocycles. The van der Waals surface area contributed by atoms with Gasteiger partial charge in [0.1, 0.15) is 0 Å². The predicted molar refractivity (Wildman–Crippen MR) is 87.0 cm³/mol. The summed E-state index contributed by atoms with van der Waals surface area (Å²) in [6, 6.07) is 13.5. The molecule has 0 N–H and O–H groups in total. The smallest absolute Gasteiger partial charge is 0.258 e. The molecule has 2 aromatic carbocycles. The van der Waals surface area contributed by atoms with Crippen molar-refractivity contribution < 1.29 is 4.92 Å². The molecule has 0 amide bonds. The Kier molecular flexibility index (Phi) is 5.20. The highest BCUT2D eigenvalue weighted by Crippen LogP contribution is 2.31. The molecule has 0 spiro atoms. The van der Waals surface area contributed by atoms with Crippen LogP contribution in [0.4, 0.5) is 5.69 Å². The van der Waals surface area contributed by atoms with Crippen molar-refractivity contribution in [1.82, 2.24) is 0 Å². The van der Waals surface area contributed by atoms with Gasteiger partial charge in [-0.15, -0.1) is 0 Å². The minimum atomic E-state index is -0.362. The van der Waals surface area contributed by atoms with Crippen molar-refractivity contribution in [2.24, 2.45) is 0 Å². The second-order valence-electron chi connectivity index (χ2n) is 4.49. The third-order valence-corrected chi connectivity index (χ3v) is 4.83. The summed E-state index contributed by atoms with van der Waals surface area (Å²) in [5.74, 6) is 1.65. The van der Waals surface area contributed by atoms with Crippen molar-refractivity contribution in [3.8, 4) is 0 Å². The number of hydrogen-bond donors (Lipinski definition) is 0. The zero-order valence-electron chi connectivity index (χ0n) is 11.0. The first-order valence-corrected chi connectivity index (χ1v) is 8.08. The van der Waals surface area contributed by atoms with E-state index in [9.17, 15) is 10.1 Å². The van der Waals surface area contributed by atoms with E-state index >= 15 is 0 Å². The molecule has 0 unspecified atom stereocenters. The van der Waals surface area contributed by atoms with Crippen molar-refractivity contribution in [1.29, 1.82) is 0 Å². The lowest BCUT2D eigenvalue weighted by molar-refractivity contribution is -0.385. The maximum absolute atomic E-state index is 10.9. The lowest BCUT2D eigenvalue weighted by Crippen LogP contribution is -1.93. The zero-order valence-corrected chi connectivity index (χ0v) is 13.4. The van der Waals surface area contributed by atoms with Gasteiger partial charge in [0.05, 0.1) is 9.40 Å². The van der Waals surface area contributed by atoms with Gasteiger partial charge in [-0.2, -0.15) is 11.8 Å². The van der Waals surface area contributed by atoms with Crippen LogP contribution in [0.25, 0.3) is 0 Å². The maximum Gasteiger partial charge on any atom is 0.283 e. The molecule has 0 atom stereocenters. The predicted octanol–water partition coefficient (Wildman–Crippen LogP) is 5.10. The molecular formula is C15H14BrNO2S. The molecule has 0 saturated heterocycles. The van der Waals surface area contributed by atoms with Crippen LogP contribution in [0.5, 0.6) is 0 Å². The van der Waals surface area contributed by atoms with E-state index in [0.717, 1.165) is 17.1 Å². The maximum atomic E-state index is 10.9. The second kappa shape index (κ2) is 6.90. The minimum absolute atomic E-state index is 0.124. The fourth-order valence-corrected chi connectivity index (χ4v) is 3.61. The SMILES string of the molecule is Cc1cccc(CSCc2cccc([N+](=O)[O-])c2Br)c1. The Morgan fingerprint density at radius 2 is 1.95 bits per heavy atom. The topological polar surface area (TPSA) is 43.1 Å². The van der Waals surface area contributed by atoms with Crippen LogP contribution in [0.15, 0.2) is 46.9 Å². The van der Waals surface area contributed by atoms with E-state index < -0.39 is 0 Å². The number of benzene rings is 2. The van der Waals surface area contributed by atoms with Crippen LogP contribution >= 0.6 is 27.7 Å². The van der Waals surface area contributed by atoms with E-state index in [2.05, 4.69) is 47.1 Å². The van der Waals surface area contributed by atoms with Crippen molar-refractivity contribution in [2.45, 2.75) is 18.4 Å². The molecule has 0 heterocycles. The van der Waals surface area contributed by atoms with E-state index in [-0.39, 0.29) is 10.6 Å². The summed E-state index contributed by atoms with van der Waals surface area (Å²) in [6.07, 6.45) is 0. The summed E-state index contributed by atoms with van der Waals surface area (Å²) in [5, 5.41) is 10.9. The second-order valence-corrected chi connectivity index (χ2v) is 6.27. The lowest BCUT2D eigenvalue weighted by atomic mass is 10.2. The van der Waals surface area contributed by atoms with Crippen molar-refractivity contribution in [2.75, 3.05) is 0 Å². The number of thioether (sulfide) groups is 1. The van der Waals surface area contributed by atoms with Crippen LogP contribution < -0.4 is 0 Å². The van der Waals surface area contributed by atoms with Gasteiger partial charge in [-0.1, -0.05) is 42.0 Å². The van der Waals surface area contributed by atoms with Crippen LogP contribution in [-0.2, 0) is 11.5 Å². The molecule has 0 aliphatic carbocycles. The van der Waals surface area contributed by atoms with Crippen molar-refractivity contribution in [3.63, 3.8) is 0 Å². The molecule has 0 aliphatic rings. The highest BCUT2D eigenvalue weighted by atomic mass is 79.9. The Hall–Kier alpha value is -1.33. The third kappa shape index (κ3) is 3.84. The van der Waals surface area contributed by atoms with Crippen molar-refractivity contribution in [3.05, 3.63) is 73.7 Å². The molecular weight excluding hydrogens is 338 g/mol. The van der Waals surface area contributed by atoms with Gasteiger partial charge in [-0.25, -0.2) is 0 Å². The van der Waals surface area contributed by atoms with Gasteiger partial charge >= 0.3 is 0 Å². The largest absolute Gasteiger partial charge is 0.283 e. The highest BCUT2D eigenvalue weighted by Gasteiger charge is 2.14. The van der Waals surface area contributed by atoms with Crippen LogP contribution in [0, 0.1) is 17.0 Å². The molecule has 5 heteroatoms. The fourth-order valence-electron chi connectivity index (χ4n) is 1.90.